The molecule has 5 heteroatoms. The van der Waals surface area contributed by atoms with E-state index in [0.29, 0.717) is 19.6 Å². The number of amides is 1. The minimum Gasteiger partial charge on any atom is -0.336 e. The molecule has 1 amide bonds. The van der Waals surface area contributed by atoms with Gasteiger partial charge in [0.25, 0.3) is 11.5 Å². The highest BCUT2D eigenvalue weighted by atomic mass is 16.2. The molecule has 1 aliphatic rings. The van der Waals surface area contributed by atoms with Gasteiger partial charge in [-0.2, -0.15) is 0 Å². The van der Waals surface area contributed by atoms with E-state index in [4.69, 9.17) is 0 Å². The smallest absolute Gasteiger partial charge is 0.254 e. The van der Waals surface area contributed by atoms with Crippen LogP contribution in [0.4, 0.5) is 0 Å². The van der Waals surface area contributed by atoms with Gasteiger partial charge in [0.05, 0.1) is 5.52 Å². The fourth-order valence-corrected chi connectivity index (χ4v) is 4.02. The highest BCUT2D eigenvalue weighted by Crippen LogP contribution is 2.20. The fraction of sp³-hybridized carbons (Fsp3) is 0.333. The predicted octanol–water partition coefficient (Wildman–Crippen LogP) is 3.41. The van der Waals surface area contributed by atoms with Crippen LogP contribution in [0.3, 0.4) is 0 Å². The number of rotatable bonds is 3. The number of pyridine rings is 1. The Kier molecular flexibility index (Phi) is 5.24. The summed E-state index contributed by atoms with van der Waals surface area (Å²) in [6.07, 6.45) is 0. The summed E-state index contributed by atoms with van der Waals surface area (Å²) in [5.41, 5.74) is 5.76. The zero-order valence-electron chi connectivity index (χ0n) is 17.3. The molecule has 5 nitrogen and oxygen atoms in total. The van der Waals surface area contributed by atoms with E-state index in [1.165, 1.54) is 5.56 Å². The van der Waals surface area contributed by atoms with Crippen molar-refractivity contribution in [2.24, 2.45) is 0 Å². The number of fused-ring (bicyclic) bond motifs is 1. The van der Waals surface area contributed by atoms with Gasteiger partial charge in [-0.3, -0.25) is 14.5 Å². The Labute approximate surface area is 171 Å². The maximum atomic E-state index is 12.8. The van der Waals surface area contributed by atoms with Gasteiger partial charge in [0, 0.05) is 43.9 Å². The van der Waals surface area contributed by atoms with E-state index in [0.717, 1.165) is 46.2 Å². The number of benzene rings is 2. The maximum absolute atomic E-state index is 12.8. The van der Waals surface area contributed by atoms with Crippen LogP contribution >= 0.6 is 0 Å². The quantitative estimate of drug-likeness (QED) is 0.747. The number of carbonyl (C=O) groups is 1. The molecule has 0 atom stereocenters. The first-order chi connectivity index (χ1) is 13.9. The van der Waals surface area contributed by atoms with Crippen LogP contribution in [0.1, 0.15) is 32.6 Å². The van der Waals surface area contributed by atoms with Crippen LogP contribution in [-0.2, 0) is 6.54 Å². The van der Waals surface area contributed by atoms with Gasteiger partial charge < -0.3 is 9.88 Å². The molecule has 0 saturated carbocycles. The molecule has 0 spiro atoms. The average molecular weight is 389 g/mol. The van der Waals surface area contributed by atoms with E-state index >= 15 is 0 Å². The molecule has 4 rings (SSSR count). The zero-order valence-corrected chi connectivity index (χ0v) is 17.3. The molecule has 0 bridgehead atoms. The van der Waals surface area contributed by atoms with E-state index in [9.17, 15) is 9.59 Å². The molecule has 1 N–H and O–H groups in total. The Balaban J connectivity index is 1.45. The van der Waals surface area contributed by atoms with E-state index in [1.807, 2.05) is 49.1 Å². The van der Waals surface area contributed by atoms with E-state index in [2.05, 4.69) is 28.9 Å². The number of piperazine rings is 1. The minimum atomic E-state index is -0.0235. The molecule has 2 heterocycles. The molecule has 150 valence electrons. The van der Waals surface area contributed by atoms with Crippen LogP contribution in [-0.4, -0.2) is 46.9 Å². The summed E-state index contributed by atoms with van der Waals surface area (Å²) in [6.45, 7) is 9.55. The van der Waals surface area contributed by atoms with Gasteiger partial charge in [-0.25, -0.2) is 0 Å². The second-order valence-corrected chi connectivity index (χ2v) is 7.98. The number of aryl methyl sites for hydroxylation is 3. The van der Waals surface area contributed by atoms with Crippen molar-refractivity contribution in [2.75, 3.05) is 26.2 Å². The predicted molar refractivity (Wildman–Crippen MR) is 116 cm³/mol. The van der Waals surface area contributed by atoms with Gasteiger partial charge >= 0.3 is 0 Å². The summed E-state index contributed by atoms with van der Waals surface area (Å²) in [6, 6.07) is 13.9. The molecule has 2 aromatic carbocycles. The standard InChI is InChI=1S/C24H27N3O2/c1-16-8-9-19-14-20(23(28)25-22(19)18(16)3)15-26-10-12-27(13-11-26)24(29)21-7-5-4-6-17(21)2/h4-9,14H,10-13,15H2,1-3H3,(H,25,28). The summed E-state index contributed by atoms with van der Waals surface area (Å²) in [5.74, 6) is 0.0946. The van der Waals surface area contributed by atoms with Crippen molar-refractivity contribution in [1.29, 1.82) is 0 Å². The molecule has 0 radical (unpaired) electrons. The van der Waals surface area contributed by atoms with Crippen molar-refractivity contribution in [2.45, 2.75) is 27.3 Å². The Morgan fingerprint density at radius 2 is 1.69 bits per heavy atom. The largest absolute Gasteiger partial charge is 0.336 e. The van der Waals surface area contributed by atoms with Crippen molar-refractivity contribution in [3.63, 3.8) is 0 Å². The van der Waals surface area contributed by atoms with Crippen molar-refractivity contribution in [3.05, 3.63) is 80.6 Å². The number of aromatic amines is 1. The topological polar surface area (TPSA) is 56.4 Å². The molecular weight excluding hydrogens is 362 g/mol. The lowest BCUT2D eigenvalue weighted by Gasteiger charge is -2.35. The minimum absolute atomic E-state index is 0.0235. The van der Waals surface area contributed by atoms with E-state index in [-0.39, 0.29) is 11.5 Å². The number of H-pyrrole nitrogens is 1. The number of hydrogen-bond acceptors (Lipinski definition) is 3. The number of nitrogens with one attached hydrogen (secondary N) is 1. The van der Waals surface area contributed by atoms with Crippen molar-refractivity contribution in [1.82, 2.24) is 14.8 Å². The Morgan fingerprint density at radius 1 is 0.966 bits per heavy atom. The van der Waals surface area contributed by atoms with Crippen LogP contribution in [0.25, 0.3) is 10.9 Å². The van der Waals surface area contributed by atoms with Crippen LogP contribution in [0.5, 0.6) is 0 Å². The molecule has 0 unspecified atom stereocenters. The first kappa shape index (κ1) is 19.4. The summed E-state index contributed by atoms with van der Waals surface area (Å²) in [4.78, 5) is 32.6. The van der Waals surface area contributed by atoms with Gasteiger partial charge in [0.2, 0.25) is 0 Å². The second-order valence-electron chi connectivity index (χ2n) is 7.98. The Bertz CT molecular complexity index is 1120. The third-order valence-corrected chi connectivity index (χ3v) is 6.06. The lowest BCUT2D eigenvalue weighted by Crippen LogP contribution is -2.48. The maximum Gasteiger partial charge on any atom is 0.254 e. The van der Waals surface area contributed by atoms with Crippen LogP contribution in [0, 0.1) is 20.8 Å². The van der Waals surface area contributed by atoms with Gasteiger partial charge in [-0.1, -0.05) is 30.3 Å². The van der Waals surface area contributed by atoms with E-state index < -0.39 is 0 Å². The van der Waals surface area contributed by atoms with Crippen molar-refractivity contribution < 1.29 is 4.79 Å². The third kappa shape index (κ3) is 3.83. The highest BCUT2D eigenvalue weighted by molar-refractivity contribution is 5.95. The number of aromatic nitrogens is 1. The van der Waals surface area contributed by atoms with Crippen LogP contribution < -0.4 is 5.56 Å². The molecule has 3 aromatic rings. The summed E-state index contributed by atoms with van der Waals surface area (Å²) in [7, 11) is 0. The fourth-order valence-electron chi connectivity index (χ4n) is 4.02. The molecule has 29 heavy (non-hydrogen) atoms. The first-order valence-corrected chi connectivity index (χ1v) is 10.1. The lowest BCUT2D eigenvalue weighted by molar-refractivity contribution is 0.0627. The summed E-state index contributed by atoms with van der Waals surface area (Å²) in [5, 5.41) is 1.07. The Morgan fingerprint density at radius 3 is 2.41 bits per heavy atom. The molecule has 1 aromatic heterocycles. The molecule has 1 saturated heterocycles. The number of nitrogens with zero attached hydrogens (tertiary/aromatic N) is 2. The third-order valence-electron chi connectivity index (χ3n) is 6.06. The van der Waals surface area contributed by atoms with Crippen LogP contribution in [0.15, 0.2) is 47.3 Å². The van der Waals surface area contributed by atoms with Crippen molar-refractivity contribution in [3.8, 4) is 0 Å². The highest BCUT2D eigenvalue weighted by Gasteiger charge is 2.23. The first-order valence-electron chi connectivity index (χ1n) is 10.1. The second kappa shape index (κ2) is 7.84. The van der Waals surface area contributed by atoms with Gasteiger partial charge in [-0.15, -0.1) is 0 Å². The molecule has 1 aliphatic heterocycles. The summed E-state index contributed by atoms with van der Waals surface area (Å²) < 4.78 is 0. The van der Waals surface area contributed by atoms with E-state index in [1.54, 1.807) is 0 Å². The monoisotopic (exact) mass is 389 g/mol. The Hall–Kier alpha value is -2.92. The van der Waals surface area contributed by atoms with Crippen LogP contribution in [0.2, 0.25) is 0 Å². The molecule has 1 fully saturated rings. The number of hydrogen-bond donors (Lipinski definition) is 1. The lowest BCUT2D eigenvalue weighted by atomic mass is 10.0. The average Bonchev–Trinajstić information content (AvgIpc) is 2.72. The van der Waals surface area contributed by atoms with Gasteiger partial charge in [-0.05, 0) is 55.0 Å². The SMILES string of the molecule is Cc1ccccc1C(=O)N1CCN(Cc2cc3ccc(C)c(C)c3[nH]c2=O)CC1. The van der Waals surface area contributed by atoms with Gasteiger partial charge in [0.15, 0.2) is 0 Å². The number of carbonyl (C=O) groups excluding carboxylic acids is 1. The van der Waals surface area contributed by atoms with Crippen molar-refractivity contribution >= 4 is 16.8 Å². The zero-order chi connectivity index (χ0) is 20.5. The molecular formula is C24H27N3O2. The molecule has 0 aliphatic carbocycles. The normalized spacial score (nSPS) is 15.1. The van der Waals surface area contributed by atoms with Gasteiger partial charge in [0.1, 0.15) is 0 Å². The summed E-state index contributed by atoms with van der Waals surface area (Å²) >= 11 is 0.